The molecule has 116 valence electrons. The van der Waals surface area contributed by atoms with Crippen molar-refractivity contribution in [1.82, 2.24) is 5.32 Å². The van der Waals surface area contributed by atoms with E-state index < -0.39 is 0 Å². The molecule has 1 aromatic carbocycles. The summed E-state index contributed by atoms with van der Waals surface area (Å²) in [4.78, 5) is 0. The van der Waals surface area contributed by atoms with E-state index in [1.807, 2.05) is 19.9 Å². The number of allylic oxidation sites excluding steroid dienone is 1. The largest absolute Gasteiger partial charge is 0.309 e. The first-order valence-electron chi connectivity index (χ1n) is 7.97. The second-order valence-corrected chi connectivity index (χ2v) is 5.73. The van der Waals surface area contributed by atoms with Crippen LogP contribution < -0.4 is 5.32 Å². The summed E-state index contributed by atoms with van der Waals surface area (Å²) in [6.07, 6.45) is 5.10. The first kappa shape index (κ1) is 19.5. The fourth-order valence-electron chi connectivity index (χ4n) is 1.64. The van der Waals surface area contributed by atoms with E-state index in [1.165, 1.54) is 11.1 Å². The third kappa shape index (κ3) is 10.9. The molecule has 21 heavy (non-hydrogen) atoms. The molecule has 1 nitrogen and oxygen atoms in total. The Hall–Kier alpha value is -1.52. The highest BCUT2D eigenvalue weighted by Gasteiger charge is 2.02. The number of benzene rings is 1. The third-order valence-electron chi connectivity index (χ3n) is 2.64. The average molecular weight is 285 g/mol. The molecule has 0 aliphatic carbocycles. The molecule has 0 bridgehead atoms. The SMILES string of the molecule is CC.CCc1cccc(CNC/C=C/C#CC(C)(C)C)c1. The van der Waals surface area contributed by atoms with Gasteiger partial charge in [0, 0.05) is 18.5 Å². The van der Waals surface area contributed by atoms with E-state index >= 15 is 0 Å². The monoisotopic (exact) mass is 285 g/mol. The smallest absolute Gasteiger partial charge is 0.0233 e. The molecule has 0 aliphatic heterocycles. The van der Waals surface area contributed by atoms with Gasteiger partial charge in [-0.05, 0) is 44.4 Å². The van der Waals surface area contributed by atoms with Gasteiger partial charge >= 0.3 is 0 Å². The van der Waals surface area contributed by atoms with Gasteiger partial charge in [-0.1, -0.05) is 63.0 Å². The maximum absolute atomic E-state index is 3.40. The van der Waals surface area contributed by atoms with Gasteiger partial charge in [-0.3, -0.25) is 0 Å². The Morgan fingerprint density at radius 3 is 2.43 bits per heavy atom. The number of hydrogen-bond donors (Lipinski definition) is 1. The van der Waals surface area contributed by atoms with Gasteiger partial charge in [-0.25, -0.2) is 0 Å². The van der Waals surface area contributed by atoms with E-state index in [1.54, 1.807) is 0 Å². The van der Waals surface area contributed by atoms with Crippen molar-refractivity contribution in [2.24, 2.45) is 5.41 Å². The van der Waals surface area contributed by atoms with Crippen LogP contribution in [0.15, 0.2) is 36.4 Å². The number of hydrogen-bond acceptors (Lipinski definition) is 1. The lowest BCUT2D eigenvalue weighted by Crippen LogP contribution is -2.12. The van der Waals surface area contributed by atoms with Crippen molar-refractivity contribution in [2.75, 3.05) is 6.54 Å². The Labute approximate surface area is 131 Å². The fourth-order valence-corrected chi connectivity index (χ4v) is 1.64. The Balaban J connectivity index is 0.00000191. The van der Waals surface area contributed by atoms with Crippen molar-refractivity contribution in [3.63, 3.8) is 0 Å². The van der Waals surface area contributed by atoms with Crippen LogP contribution >= 0.6 is 0 Å². The van der Waals surface area contributed by atoms with Gasteiger partial charge in [-0.15, -0.1) is 0 Å². The van der Waals surface area contributed by atoms with Crippen LogP contribution in [-0.2, 0) is 13.0 Å². The molecule has 0 aliphatic rings. The number of nitrogens with one attached hydrogen (secondary N) is 1. The molecule has 1 N–H and O–H groups in total. The summed E-state index contributed by atoms with van der Waals surface area (Å²) in [6, 6.07) is 8.72. The Bertz CT molecular complexity index is 467. The van der Waals surface area contributed by atoms with E-state index in [2.05, 4.69) is 75.2 Å². The normalized spacial score (nSPS) is 10.6. The minimum atomic E-state index is 0.0817. The minimum Gasteiger partial charge on any atom is -0.309 e. The molecule has 0 aromatic heterocycles. The van der Waals surface area contributed by atoms with Crippen molar-refractivity contribution in [2.45, 2.75) is 54.5 Å². The van der Waals surface area contributed by atoms with Crippen LogP contribution in [0, 0.1) is 17.3 Å². The van der Waals surface area contributed by atoms with Crippen LogP contribution in [0.2, 0.25) is 0 Å². The summed E-state index contributed by atoms with van der Waals surface area (Å²) < 4.78 is 0. The Morgan fingerprint density at radius 1 is 1.14 bits per heavy atom. The summed E-state index contributed by atoms with van der Waals surface area (Å²) in [5.74, 6) is 6.25. The van der Waals surface area contributed by atoms with Crippen molar-refractivity contribution in [1.29, 1.82) is 0 Å². The summed E-state index contributed by atoms with van der Waals surface area (Å²) >= 11 is 0. The second kappa shape index (κ2) is 11.2. The molecular formula is C20H31N. The Kier molecular flexibility index (Phi) is 10.4. The predicted molar refractivity (Wildman–Crippen MR) is 95.2 cm³/mol. The van der Waals surface area contributed by atoms with Gasteiger partial charge < -0.3 is 5.32 Å². The highest BCUT2D eigenvalue weighted by Crippen LogP contribution is 2.09. The molecule has 0 unspecified atom stereocenters. The van der Waals surface area contributed by atoms with Crippen LogP contribution in [0.4, 0.5) is 0 Å². The van der Waals surface area contributed by atoms with Crippen molar-refractivity contribution in [3.8, 4) is 11.8 Å². The zero-order chi connectivity index (χ0) is 16.1. The van der Waals surface area contributed by atoms with Crippen molar-refractivity contribution < 1.29 is 0 Å². The standard InChI is InChI=1S/C18H25N.C2H6/c1-5-16-10-9-11-17(14-16)15-19-13-8-6-7-12-18(2,3)4;1-2/h6,8-11,14,19H,5,13,15H2,1-4H3;1-2H3/b8-6+;. The molecule has 0 saturated carbocycles. The predicted octanol–water partition coefficient (Wildman–Crippen LogP) is 4.97. The van der Waals surface area contributed by atoms with Gasteiger partial charge in [0.1, 0.15) is 0 Å². The molecule has 0 radical (unpaired) electrons. The van der Waals surface area contributed by atoms with E-state index in [0.29, 0.717) is 0 Å². The van der Waals surface area contributed by atoms with E-state index in [0.717, 1.165) is 19.5 Å². The fraction of sp³-hybridized carbons (Fsp3) is 0.500. The molecule has 0 atom stereocenters. The first-order valence-corrected chi connectivity index (χ1v) is 7.97. The van der Waals surface area contributed by atoms with E-state index in [4.69, 9.17) is 0 Å². The molecule has 0 amide bonds. The summed E-state index contributed by atoms with van der Waals surface area (Å²) in [5, 5.41) is 3.40. The molecule has 0 saturated heterocycles. The van der Waals surface area contributed by atoms with Crippen LogP contribution in [0.1, 0.15) is 52.7 Å². The van der Waals surface area contributed by atoms with Gasteiger partial charge in [0.05, 0.1) is 0 Å². The maximum Gasteiger partial charge on any atom is 0.0233 e. The van der Waals surface area contributed by atoms with Crippen molar-refractivity contribution in [3.05, 3.63) is 47.5 Å². The average Bonchev–Trinajstić information content (AvgIpc) is 2.47. The number of rotatable bonds is 5. The zero-order valence-corrected chi connectivity index (χ0v) is 14.6. The second-order valence-electron chi connectivity index (χ2n) is 5.73. The molecular weight excluding hydrogens is 254 g/mol. The molecule has 0 fully saturated rings. The number of aryl methyl sites for hydroxylation is 1. The molecule has 0 heterocycles. The van der Waals surface area contributed by atoms with Crippen LogP contribution in [0.25, 0.3) is 0 Å². The summed E-state index contributed by atoms with van der Waals surface area (Å²) in [6.45, 7) is 14.3. The van der Waals surface area contributed by atoms with Crippen LogP contribution in [0.3, 0.4) is 0 Å². The van der Waals surface area contributed by atoms with Gasteiger partial charge in [0.2, 0.25) is 0 Å². The van der Waals surface area contributed by atoms with E-state index in [9.17, 15) is 0 Å². The third-order valence-corrected chi connectivity index (χ3v) is 2.64. The minimum absolute atomic E-state index is 0.0817. The lowest BCUT2D eigenvalue weighted by Gasteiger charge is -2.06. The summed E-state index contributed by atoms with van der Waals surface area (Å²) in [5.41, 5.74) is 2.82. The van der Waals surface area contributed by atoms with E-state index in [-0.39, 0.29) is 5.41 Å². The molecule has 0 spiro atoms. The lowest BCUT2D eigenvalue weighted by molar-refractivity contribution is 0.571. The van der Waals surface area contributed by atoms with Crippen LogP contribution in [-0.4, -0.2) is 6.54 Å². The molecule has 1 rings (SSSR count). The van der Waals surface area contributed by atoms with Crippen molar-refractivity contribution >= 4 is 0 Å². The highest BCUT2D eigenvalue weighted by atomic mass is 14.8. The van der Waals surface area contributed by atoms with Gasteiger partial charge in [0.15, 0.2) is 0 Å². The van der Waals surface area contributed by atoms with Crippen LogP contribution in [0.5, 0.6) is 0 Å². The Morgan fingerprint density at radius 2 is 1.81 bits per heavy atom. The zero-order valence-electron chi connectivity index (χ0n) is 14.6. The summed E-state index contributed by atoms with van der Waals surface area (Å²) in [7, 11) is 0. The quantitative estimate of drug-likeness (QED) is 0.595. The maximum atomic E-state index is 3.40. The highest BCUT2D eigenvalue weighted by molar-refractivity contribution is 5.23. The molecule has 1 heteroatoms. The first-order chi connectivity index (χ1) is 10.0. The topological polar surface area (TPSA) is 12.0 Å². The lowest BCUT2D eigenvalue weighted by atomic mass is 9.98. The van der Waals surface area contributed by atoms with Gasteiger partial charge in [-0.2, -0.15) is 0 Å². The molecule has 1 aromatic rings. The van der Waals surface area contributed by atoms with Gasteiger partial charge in [0.25, 0.3) is 0 Å².